The third kappa shape index (κ3) is 5.16. The smallest absolute Gasteiger partial charge is 0.253 e. The third-order valence-electron chi connectivity index (χ3n) is 3.91. The van der Waals surface area contributed by atoms with Gasteiger partial charge in [-0.05, 0) is 35.4 Å². The van der Waals surface area contributed by atoms with Crippen LogP contribution in [0.1, 0.15) is 21.5 Å². The number of benzene rings is 3. The normalized spacial score (nSPS) is 10.5. The lowest BCUT2D eigenvalue weighted by atomic mass is 10.2. The predicted octanol–water partition coefficient (Wildman–Crippen LogP) is 6.16. The first kappa shape index (κ1) is 19.6. The zero-order valence-corrected chi connectivity index (χ0v) is 16.5. The molecule has 0 fully saturated rings. The quantitative estimate of drug-likeness (QED) is 0.519. The van der Waals surface area contributed by atoms with E-state index in [1.165, 1.54) is 0 Å². The molecule has 3 aromatic rings. The summed E-state index contributed by atoms with van der Waals surface area (Å²) in [5.41, 5.74) is 2.17. The van der Waals surface area contributed by atoms with Gasteiger partial charge in [0.1, 0.15) is 12.4 Å². The van der Waals surface area contributed by atoms with Crippen molar-refractivity contribution in [3.63, 3.8) is 0 Å². The Morgan fingerprint density at radius 1 is 0.889 bits per heavy atom. The lowest BCUT2D eigenvalue weighted by Gasteiger charge is -2.11. The maximum atomic E-state index is 12.3. The number of ether oxygens (including phenoxy) is 1. The molecule has 0 radical (unpaired) electrons. The highest BCUT2D eigenvalue weighted by atomic mass is 35.5. The van der Waals surface area contributed by atoms with Crippen molar-refractivity contribution < 1.29 is 9.53 Å². The molecule has 1 N–H and O–H groups in total. The van der Waals surface area contributed by atoms with E-state index in [9.17, 15) is 4.79 Å². The molecule has 0 saturated carbocycles. The van der Waals surface area contributed by atoms with Crippen LogP contribution in [0.5, 0.6) is 5.75 Å². The molecule has 3 aromatic carbocycles. The molecule has 0 unspecified atom stereocenters. The van der Waals surface area contributed by atoms with Gasteiger partial charge in [0.05, 0.1) is 15.6 Å². The van der Waals surface area contributed by atoms with Crippen LogP contribution < -0.4 is 10.1 Å². The number of rotatable bonds is 6. The van der Waals surface area contributed by atoms with E-state index in [0.29, 0.717) is 28.0 Å². The van der Waals surface area contributed by atoms with E-state index in [1.807, 2.05) is 42.5 Å². The van der Waals surface area contributed by atoms with Gasteiger partial charge in [-0.15, -0.1) is 0 Å². The number of nitrogens with one attached hydrogen (secondary N) is 1. The van der Waals surface area contributed by atoms with Crippen molar-refractivity contribution in [1.82, 2.24) is 5.32 Å². The van der Waals surface area contributed by atoms with E-state index >= 15 is 0 Å². The average molecular weight is 421 g/mol. The van der Waals surface area contributed by atoms with Crippen LogP contribution in [-0.2, 0) is 13.2 Å². The second-order valence-corrected chi connectivity index (χ2v) is 7.00. The summed E-state index contributed by atoms with van der Waals surface area (Å²) in [5.74, 6) is 0.347. The fourth-order valence-electron chi connectivity index (χ4n) is 2.45. The van der Waals surface area contributed by atoms with E-state index in [1.54, 1.807) is 24.3 Å². The maximum absolute atomic E-state index is 12.3. The van der Waals surface area contributed by atoms with Gasteiger partial charge in [-0.3, -0.25) is 4.79 Å². The lowest BCUT2D eigenvalue weighted by molar-refractivity contribution is 0.0951. The Morgan fingerprint density at radius 3 is 2.41 bits per heavy atom. The molecule has 27 heavy (non-hydrogen) atoms. The largest absolute Gasteiger partial charge is 0.489 e. The molecule has 0 atom stereocenters. The SMILES string of the molecule is O=C(NCc1ccc(OCc2ccccc2)cc1Cl)c1cccc(Cl)c1Cl. The van der Waals surface area contributed by atoms with Gasteiger partial charge in [-0.25, -0.2) is 0 Å². The summed E-state index contributed by atoms with van der Waals surface area (Å²) in [5, 5.41) is 3.87. The highest BCUT2D eigenvalue weighted by Gasteiger charge is 2.13. The predicted molar refractivity (Wildman–Crippen MR) is 110 cm³/mol. The lowest BCUT2D eigenvalue weighted by Crippen LogP contribution is -2.23. The molecule has 0 aromatic heterocycles. The third-order valence-corrected chi connectivity index (χ3v) is 5.08. The molecule has 6 heteroatoms. The highest BCUT2D eigenvalue weighted by molar-refractivity contribution is 6.43. The van der Waals surface area contributed by atoms with Gasteiger partial charge < -0.3 is 10.1 Å². The van der Waals surface area contributed by atoms with Crippen LogP contribution in [0.15, 0.2) is 66.7 Å². The summed E-state index contributed by atoms with van der Waals surface area (Å²) < 4.78 is 5.75. The molecule has 0 heterocycles. The Balaban J connectivity index is 1.61. The van der Waals surface area contributed by atoms with Gasteiger partial charge in [-0.1, -0.05) is 77.3 Å². The average Bonchev–Trinajstić information content (AvgIpc) is 2.68. The molecule has 0 aliphatic heterocycles. The minimum atomic E-state index is -0.317. The molecule has 3 rings (SSSR count). The Hall–Kier alpha value is -2.20. The Kier molecular flexibility index (Phi) is 6.62. The minimum Gasteiger partial charge on any atom is -0.489 e. The minimum absolute atomic E-state index is 0.229. The maximum Gasteiger partial charge on any atom is 0.253 e. The molecule has 0 aliphatic carbocycles. The van der Waals surface area contributed by atoms with Crippen molar-refractivity contribution in [3.8, 4) is 5.75 Å². The molecular formula is C21H16Cl3NO2. The monoisotopic (exact) mass is 419 g/mol. The Morgan fingerprint density at radius 2 is 1.67 bits per heavy atom. The van der Waals surface area contributed by atoms with Crippen molar-refractivity contribution in [2.45, 2.75) is 13.2 Å². The van der Waals surface area contributed by atoms with E-state index in [0.717, 1.165) is 11.1 Å². The fourth-order valence-corrected chi connectivity index (χ4v) is 3.08. The summed E-state index contributed by atoms with van der Waals surface area (Å²) in [7, 11) is 0. The zero-order chi connectivity index (χ0) is 19.2. The van der Waals surface area contributed by atoms with Crippen molar-refractivity contribution in [2.75, 3.05) is 0 Å². The first-order chi connectivity index (χ1) is 13.0. The first-order valence-electron chi connectivity index (χ1n) is 8.22. The van der Waals surface area contributed by atoms with Crippen LogP contribution in [0, 0.1) is 0 Å². The standard InChI is InChI=1S/C21H16Cl3NO2/c22-18-8-4-7-17(20(18)24)21(26)25-12-15-9-10-16(11-19(15)23)27-13-14-5-2-1-3-6-14/h1-11H,12-13H2,(H,25,26). The van der Waals surface area contributed by atoms with Gasteiger partial charge in [0.25, 0.3) is 5.91 Å². The first-order valence-corrected chi connectivity index (χ1v) is 9.35. The number of hydrogen-bond donors (Lipinski definition) is 1. The molecule has 0 bridgehead atoms. The van der Waals surface area contributed by atoms with Gasteiger partial charge in [0.2, 0.25) is 0 Å². The van der Waals surface area contributed by atoms with Gasteiger partial charge >= 0.3 is 0 Å². The van der Waals surface area contributed by atoms with Gasteiger partial charge in [-0.2, -0.15) is 0 Å². The molecule has 0 aliphatic rings. The number of carbonyl (C=O) groups is 1. The van der Waals surface area contributed by atoms with E-state index in [4.69, 9.17) is 39.5 Å². The van der Waals surface area contributed by atoms with Crippen molar-refractivity contribution >= 4 is 40.7 Å². The van der Waals surface area contributed by atoms with Crippen LogP contribution in [0.25, 0.3) is 0 Å². The highest BCUT2D eigenvalue weighted by Crippen LogP contribution is 2.26. The summed E-state index contributed by atoms with van der Waals surface area (Å²) in [6.07, 6.45) is 0. The van der Waals surface area contributed by atoms with Crippen LogP contribution in [-0.4, -0.2) is 5.91 Å². The number of hydrogen-bond acceptors (Lipinski definition) is 2. The molecule has 1 amide bonds. The second-order valence-electron chi connectivity index (χ2n) is 5.81. The summed E-state index contributed by atoms with van der Waals surface area (Å²) in [6.45, 7) is 0.722. The number of halogens is 3. The molecule has 0 spiro atoms. The molecular weight excluding hydrogens is 405 g/mol. The van der Waals surface area contributed by atoms with Gasteiger partial charge in [0.15, 0.2) is 0 Å². The van der Waals surface area contributed by atoms with Crippen LogP contribution in [0.4, 0.5) is 0 Å². The molecule has 3 nitrogen and oxygen atoms in total. The number of amides is 1. The van der Waals surface area contributed by atoms with Crippen LogP contribution >= 0.6 is 34.8 Å². The molecule has 0 saturated heterocycles. The number of carbonyl (C=O) groups excluding carboxylic acids is 1. The van der Waals surface area contributed by atoms with Crippen molar-refractivity contribution in [2.24, 2.45) is 0 Å². The van der Waals surface area contributed by atoms with E-state index in [2.05, 4.69) is 5.32 Å². The Labute approximate surface area is 172 Å². The topological polar surface area (TPSA) is 38.3 Å². The van der Waals surface area contributed by atoms with Crippen LogP contribution in [0.2, 0.25) is 15.1 Å². The fraction of sp³-hybridized carbons (Fsp3) is 0.0952. The zero-order valence-electron chi connectivity index (χ0n) is 14.2. The Bertz CT molecular complexity index is 945. The van der Waals surface area contributed by atoms with Crippen molar-refractivity contribution in [1.29, 1.82) is 0 Å². The summed E-state index contributed by atoms with van der Waals surface area (Å²) in [4.78, 5) is 12.3. The van der Waals surface area contributed by atoms with E-state index in [-0.39, 0.29) is 17.5 Å². The van der Waals surface area contributed by atoms with Crippen LogP contribution in [0.3, 0.4) is 0 Å². The second kappa shape index (κ2) is 9.14. The molecule has 138 valence electrons. The van der Waals surface area contributed by atoms with Gasteiger partial charge in [0, 0.05) is 11.6 Å². The van der Waals surface area contributed by atoms with E-state index < -0.39 is 0 Å². The summed E-state index contributed by atoms with van der Waals surface area (Å²) >= 11 is 18.3. The van der Waals surface area contributed by atoms with Crippen molar-refractivity contribution in [3.05, 3.63) is 98.5 Å². The summed E-state index contributed by atoms with van der Waals surface area (Å²) in [6, 6.07) is 20.2.